The van der Waals surface area contributed by atoms with Crippen molar-refractivity contribution in [2.24, 2.45) is 0 Å². The first-order valence-corrected chi connectivity index (χ1v) is 11.5. The van der Waals surface area contributed by atoms with Crippen molar-refractivity contribution in [1.82, 2.24) is 0 Å². The number of Topliss-reactive ketones (excluding diaryl/α,β-unsaturated/α-hetero) is 1. The Morgan fingerprint density at radius 1 is 0.759 bits per heavy atom. The van der Waals surface area contributed by atoms with Crippen LogP contribution >= 0.6 is 0 Å². The molecule has 3 heterocycles. The number of ether oxygens (including phenoxy) is 2. The molecule has 0 unspecified atom stereocenters. The van der Waals surface area contributed by atoms with Crippen molar-refractivity contribution in [2.75, 3.05) is 24.7 Å². The summed E-state index contributed by atoms with van der Waals surface area (Å²) < 4.78 is 36.0. The van der Waals surface area contributed by atoms with E-state index in [1.54, 1.807) is 12.2 Å². The normalized spacial score (nSPS) is 22.3. The van der Waals surface area contributed by atoms with Gasteiger partial charge in [-0.05, 0) is 58.7 Å². The van der Waals surface area contributed by atoms with E-state index in [-0.39, 0.29) is 17.3 Å². The van der Waals surface area contributed by atoms with Crippen LogP contribution in [0, 0.1) is 0 Å². The van der Waals surface area contributed by atoms with Crippen LogP contribution in [-0.4, -0.2) is 38.9 Å². The van der Waals surface area contributed by atoms with Crippen molar-refractivity contribution in [3.05, 3.63) is 69.8 Å². The number of rotatable bonds is 2. The Morgan fingerprint density at radius 3 is 1.72 bits per heavy atom. The highest BCUT2D eigenvalue weighted by atomic mass is 32.2. The highest BCUT2D eigenvalue weighted by molar-refractivity contribution is 7.92. The molecule has 0 N–H and O–H groups in total. The zero-order valence-electron chi connectivity index (χ0n) is 15.8. The van der Waals surface area contributed by atoms with Crippen LogP contribution in [0.4, 0.5) is 0 Å². The van der Waals surface area contributed by atoms with E-state index < -0.39 is 9.84 Å². The first-order valence-electron chi connectivity index (χ1n) is 9.65. The smallest absolute Gasteiger partial charge is 0.187 e. The van der Waals surface area contributed by atoms with E-state index in [9.17, 15) is 13.2 Å². The topological polar surface area (TPSA) is 69.7 Å². The van der Waals surface area contributed by atoms with E-state index in [1.165, 1.54) is 0 Å². The number of hydrogen-bond donors (Lipinski definition) is 0. The molecule has 0 aliphatic carbocycles. The van der Waals surface area contributed by atoms with Gasteiger partial charge in [-0.1, -0.05) is 12.1 Å². The molecule has 5 rings (SSSR count). The maximum Gasteiger partial charge on any atom is 0.187 e. The number of sulfone groups is 1. The number of carbonyl (C=O) groups excluding carboxylic acids is 1. The molecule has 6 heteroatoms. The maximum absolute atomic E-state index is 13.0. The molecule has 3 aliphatic heterocycles. The Labute approximate surface area is 169 Å². The molecule has 1 saturated heterocycles. The van der Waals surface area contributed by atoms with Crippen LogP contribution in [-0.2, 0) is 27.5 Å². The predicted octanol–water partition coefficient (Wildman–Crippen LogP) is 3.02. The molecule has 5 nitrogen and oxygen atoms in total. The quantitative estimate of drug-likeness (QED) is 0.715. The summed E-state index contributed by atoms with van der Waals surface area (Å²) in [5, 5.41) is 0. The van der Waals surface area contributed by atoms with Gasteiger partial charge in [-0.2, -0.15) is 0 Å². The van der Waals surface area contributed by atoms with Crippen molar-refractivity contribution in [3.8, 4) is 11.5 Å². The molecule has 0 saturated carbocycles. The SMILES string of the molecule is O=C1/C(=C\c2ccc3c(c2)CCO3)CS(=O)(=O)C/C1=C/c1ccc2c(c1)CCO2. The lowest BCUT2D eigenvalue weighted by Gasteiger charge is -2.17. The van der Waals surface area contributed by atoms with Gasteiger partial charge >= 0.3 is 0 Å². The highest BCUT2D eigenvalue weighted by Gasteiger charge is 2.31. The van der Waals surface area contributed by atoms with Gasteiger partial charge in [0, 0.05) is 24.0 Å². The maximum atomic E-state index is 13.0. The molecule has 0 spiro atoms. The van der Waals surface area contributed by atoms with Gasteiger partial charge in [-0.25, -0.2) is 8.42 Å². The second kappa shape index (κ2) is 6.88. The zero-order valence-corrected chi connectivity index (χ0v) is 16.6. The summed E-state index contributed by atoms with van der Waals surface area (Å²) in [5.74, 6) is 1.06. The predicted molar refractivity (Wildman–Crippen MR) is 111 cm³/mol. The van der Waals surface area contributed by atoms with Crippen LogP contribution in [0.15, 0.2) is 47.5 Å². The highest BCUT2D eigenvalue weighted by Crippen LogP contribution is 2.30. The summed E-state index contributed by atoms with van der Waals surface area (Å²) in [4.78, 5) is 13.0. The van der Waals surface area contributed by atoms with Crippen molar-refractivity contribution < 1.29 is 22.7 Å². The van der Waals surface area contributed by atoms with Gasteiger partial charge in [0.2, 0.25) is 0 Å². The van der Waals surface area contributed by atoms with Crippen LogP contribution in [0.1, 0.15) is 22.3 Å². The third-order valence-electron chi connectivity index (χ3n) is 5.44. The average molecular weight is 408 g/mol. The number of hydrogen-bond acceptors (Lipinski definition) is 5. The fourth-order valence-electron chi connectivity index (χ4n) is 4.07. The van der Waals surface area contributed by atoms with E-state index in [2.05, 4.69) is 0 Å². The van der Waals surface area contributed by atoms with Gasteiger partial charge in [-0.3, -0.25) is 4.79 Å². The van der Waals surface area contributed by atoms with Crippen LogP contribution in [0.3, 0.4) is 0 Å². The molecule has 1 fully saturated rings. The fourth-order valence-corrected chi connectivity index (χ4v) is 5.55. The first-order chi connectivity index (χ1) is 14.0. The second-order valence-electron chi connectivity index (χ2n) is 7.63. The number of benzene rings is 2. The number of ketones is 1. The minimum Gasteiger partial charge on any atom is -0.493 e. The minimum atomic E-state index is -3.38. The first kappa shape index (κ1) is 18.2. The van der Waals surface area contributed by atoms with E-state index in [0.29, 0.717) is 24.4 Å². The Morgan fingerprint density at radius 2 is 1.24 bits per heavy atom. The zero-order chi connectivity index (χ0) is 20.0. The van der Waals surface area contributed by atoms with Gasteiger partial charge in [0.1, 0.15) is 11.5 Å². The largest absolute Gasteiger partial charge is 0.493 e. The average Bonchev–Trinajstić information content (AvgIpc) is 3.33. The third kappa shape index (κ3) is 3.60. The molecule has 148 valence electrons. The molecule has 0 amide bonds. The lowest BCUT2D eigenvalue weighted by molar-refractivity contribution is -0.112. The summed E-state index contributed by atoms with van der Waals surface area (Å²) in [6, 6.07) is 11.4. The summed E-state index contributed by atoms with van der Waals surface area (Å²) in [7, 11) is -3.38. The van der Waals surface area contributed by atoms with E-state index in [0.717, 1.165) is 46.6 Å². The lowest BCUT2D eigenvalue weighted by Crippen LogP contribution is -2.28. The van der Waals surface area contributed by atoms with Gasteiger partial charge in [0.15, 0.2) is 15.6 Å². The molecule has 2 aromatic carbocycles. The molecular formula is C23H20O5S. The third-order valence-corrected chi connectivity index (χ3v) is 6.94. The molecule has 0 atom stereocenters. The van der Waals surface area contributed by atoms with E-state index in [1.807, 2.05) is 36.4 Å². The van der Waals surface area contributed by atoms with Crippen molar-refractivity contribution in [2.45, 2.75) is 12.8 Å². The lowest BCUT2D eigenvalue weighted by atomic mass is 9.99. The minimum absolute atomic E-state index is 0.201. The second-order valence-corrected chi connectivity index (χ2v) is 9.70. The van der Waals surface area contributed by atoms with Gasteiger partial charge < -0.3 is 9.47 Å². The summed E-state index contributed by atoms with van der Waals surface area (Å²) in [6.07, 6.45) is 5.04. The molecule has 2 aromatic rings. The number of carbonyl (C=O) groups is 1. The Hall–Kier alpha value is -2.86. The Kier molecular flexibility index (Phi) is 4.32. The van der Waals surface area contributed by atoms with Crippen molar-refractivity contribution in [3.63, 3.8) is 0 Å². The molecule has 3 aliphatic rings. The Bertz CT molecular complexity index is 1100. The van der Waals surface area contributed by atoms with Crippen LogP contribution < -0.4 is 9.47 Å². The molecule has 0 bridgehead atoms. The summed E-state index contributed by atoms with van der Waals surface area (Å²) in [6.45, 7) is 1.31. The molecular weight excluding hydrogens is 388 g/mol. The van der Waals surface area contributed by atoms with Gasteiger partial charge in [-0.15, -0.1) is 0 Å². The van der Waals surface area contributed by atoms with Gasteiger partial charge in [0.25, 0.3) is 0 Å². The van der Waals surface area contributed by atoms with Crippen molar-refractivity contribution >= 4 is 27.8 Å². The van der Waals surface area contributed by atoms with Crippen LogP contribution in [0.2, 0.25) is 0 Å². The van der Waals surface area contributed by atoms with E-state index in [4.69, 9.17) is 9.47 Å². The Balaban J connectivity index is 1.50. The van der Waals surface area contributed by atoms with Gasteiger partial charge in [0.05, 0.1) is 24.7 Å². The molecule has 29 heavy (non-hydrogen) atoms. The van der Waals surface area contributed by atoms with Crippen LogP contribution in [0.5, 0.6) is 11.5 Å². The van der Waals surface area contributed by atoms with Crippen molar-refractivity contribution in [1.29, 1.82) is 0 Å². The standard InChI is InChI=1S/C23H20O5S/c24-23-19(11-15-1-3-21-17(9-15)5-7-27-21)13-29(25,26)14-20(23)12-16-2-4-22-18(10-16)6-8-28-22/h1-4,9-12H,5-8,13-14H2/b19-11-,20-12-. The summed E-state index contributed by atoms with van der Waals surface area (Å²) >= 11 is 0. The fraction of sp³-hybridized carbons (Fsp3) is 0.261. The molecule has 0 radical (unpaired) electrons. The van der Waals surface area contributed by atoms with E-state index >= 15 is 0 Å². The molecule has 0 aromatic heterocycles. The summed E-state index contributed by atoms with van der Waals surface area (Å²) in [5.41, 5.74) is 4.44. The monoisotopic (exact) mass is 408 g/mol. The number of fused-ring (bicyclic) bond motifs is 2. The van der Waals surface area contributed by atoms with Crippen LogP contribution in [0.25, 0.3) is 12.2 Å².